The molecule has 96 valence electrons. The van der Waals surface area contributed by atoms with Gasteiger partial charge >= 0.3 is 0 Å². The summed E-state index contributed by atoms with van der Waals surface area (Å²) in [6.45, 7) is 4.84. The van der Waals surface area contributed by atoms with Crippen molar-refractivity contribution in [2.45, 2.75) is 26.3 Å². The minimum absolute atomic E-state index is 0.299. The van der Waals surface area contributed by atoms with Crippen molar-refractivity contribution in [3.05, 3.63) is 36.0 Å². The van der Waals surface area contributed by atoms with Crippen molar-refractivity contribution in [1.29, 1.82) is 0 Å². The predicted molar refractivity (Wildman–Crippen MR) is 71.7 cm³/mol. The molecule has 2 aromatic heterocycles. The molecule has 0 unspecified atom stereocenters. The van der Waals surface area contributed by atoms with Crippen molar-refractivity contribution in [2.24, 2.45) is 0 Å². The molecule has 5 heteroatoms. The molecule has 2 N–H and O–H groups in total. The third-order valence-electron chi connectivity index (χ3n) is 2.57. The molecule has 0 saturated carbocycles. The maximum Gasteiger partial charge on any atom is 0.135 e. The van der Waals surface area contributed by atoms with Crippen LogP contribution in [0, 0.1) is 0 Å². The Labute approximate surface area is 107 Å². The van der Waals surface area contributed by atoms with E-state index in [4.69, 9.17) is 4.42 Å². The van der Waals surface area contributed by atoms with Gasteiger partial charge in [0.25, 0.3) is 0 Å². The topological polar surface area (TPSA) is 63.0 Å². The summed E-state index contributed by atoms with van der Waals surface area (Å²) in [7, 11) is 1.85. The summed E-state index contributed by atoms with van der Waals surface area (Å²) in [5.74, 6) is 2.77. The monoisotopic (exact) mass is 246 g/mol. The minimum atomic E-state index is 0.299. The van der Waals surface area contributed by atoms with Crippen molar-refractivity contribution in [3.63, 3.8) is 0 Å². The van der Waals surface area contributed by atoms with E-state index in [9.17, 15) is 0 Å². The summed E-state index contributed by atoms with van der Waals surface area (Å²) in [5, 5.41) is 6.31. The second kappa shape index (κ2) is 5.53. The minimum Gasteiger partial charge on any atom is -0.472 e. The quantitative estimate of drug-likeness (QED) is 0.849. The predicted octanol–water partition coefficient (Wildman–Crippen LogP) is 2.85. The van der Waals surface area contributed by atoms with Crippen molar-refractivity contribution >= 4 is 11.6 Å². The van der Waals surface area contributed by atoms with Crippen LogP contribution in [0.5, 0.6) is 0 Å². The lowest BCUT2D eigenvalue weighted by Gasteiger charge is -2.10. The van der Waals surface area contributed by atoms with E-state index >= 15 is 0 Å². The summed E-state index contributed by atoms with van der Waals surface area (Å²) in [6.07, 6.45) is 3.38. The van der Waals surface area contributed by atoms with Gasteiger partial charge in [-0.25, -0.2) is 9.97 Å². The molecular weight excluding hydrogens is 228 g/mol. The third kappa shape index (κ3) is 3.00. The number of anilines is 2. The Bertz CT molecular complexity index is 494. The second-order valence-electron chi connectivity index (χ2n) is 4.39. The van der Waals surface area contributed by atoms with Gasteiger partial charge in [-0.15, -0.1) is 0 Å². The van der Waals surface area contributed by atoms with Crippen LogP contribution in [0.1, 0.15) is 31.2 Å². The van der Waals surface area contributed by atoms with Crippen molar-refractivity contribution in [1.82, 2.24) is 9.97 Å². The first-order chi connectivity index (χ1) is 8.69. The van der Waals surface area contributed by atoms with E-state index < -0.39 is 0 Å². The average Bonchev–Trinajstić information content (AvgIpc) is 2.89. The molecule has 0 fully saturated rings. The summed E-state index contributed by atoms with van der Waals surface area (Å²) >= 11 is 0. The van der Waals surface area contributed by atoms with Crippen LogP contribution in [0.25, 0.3) is 0 Å². The lowest BCUT2D eigenvalue weighted by atomic mass is 10.2. The molecule has 0 bridgehead atoms. The van der Waals surface area contributed by atoms with E-state index in [-0.39, 0.29) is 0 Å². The van der Waals surface area contributed by atoms with Crippen LogP contribution in [0.4, 0.5) is 11.6 Å². The van der Waals surface area contributed by atoms with E-state index in [2.05, 4.69) is 34.4 Å². The lowest BCUT2D eigenvalue weighted by molar-refractivity contribution is 0.564. The molecule has 0 amide bonds. The van der Waals surface area contributed by atoms with Gasteiger partial charge in [0.1, 0.15) is 17.5 Å². The molecule has 0 atom stereocenters. The summed E-state index contributed by atoms with van der Waals surface area (Å²) in [4.78, 5) is 8.90. The number of hydrogen-bond acceptors (Lipinski definition) is 5. The molecule has 18 heavy (non-hydrogen) atoms. The molecule has 5 nitrogen and oxygen atoms in total. The Morgan fingerprint density at radius 3 is 2.67 bits per heavy atom. The number of aromatic nitrogens is 2. The SMILES string of the molecule is CNc1cc(NCc2ccoc2)nc(C(C)C)n1. The van der Waals surface area contributed by atoms with Gasteiger partial charge in [-0.05, 0) is 6.07 Å². The van der Waals surface area contributed by atoms with E-state index in [1.165, 1.54) is 0 Å². The number of rotatable bonds is 5. The molecule has 0 saturated heterocycles. The fourth-order valence-electron chi connectivity index (χ4n) is 1.53. The van der Waals surface area contributed by atoms with Crippen LogP contribution in [0.3, 0.4) is 0 Å². The van der Waals surface area contributed by atoms with Crippen molar-refractivity contribution < 1.29 is 4.42 Å². The van der Waals surface area contributed by atoms with Gasteiger partial charge in [0.15, 0.2) is 0 Å². The zero-order valence-corrected chi connectivity index (χ0v) is 10.9. The molecular formula is C13H18N4O. The molecule has 0 radical (unpaired) electrons. The number of furan rings is 1. The van der Waals surface area contributed by atoms with Crippen LogP contribution < -0.4 is 10.6 Å². The standard InChI is InChI=1S/C13H18N4O/c1-9(2)13-16-11(14-3)6-12(17-13)15-7-10-4-5-18-8-10/h4-6,8-9H,7H2,1-3H3,(H2,14,15,16,17). The zero-order valence-electron chi connectivity index (χ0n) is 10.9. The van der Waals surface area contributed by atoms with Crippen molar-refractivity contribution in [3.8, 4) is 0 Å². The zero-order chi connectivity index (χ0) is 13.0. The highest BCUT2D eigenvalue weighted by atomic mass is 16.3. The van der Waals surface area contributed by atoms with Gasteiger partial charge in [0, 0.05) is 31.1 Å². The Balaban J connectivity index is 2.13. The van der Waals surface area contributed by atoms with E-state index in [0.717, 1.165) is 23.0 Å². The smallest absolute Gasteiger partial charge is 0.135 e. The van der Waals surface area contributed by atoms with Crippen LogP contribution >= 0.6 is 0 Å². The Hall–Kier alpha value is -2.04. The second-order valence-corrected chi connectivity index (χ2v) is 4.39. The largest absolute Gasteiger partial charge is 0.472 e. The summed E-state index contributed by atoms with van der Waals surface area (Å²) in [6, 6.07) is 3.82. The maximum absolute atomic E-state index is 5.02. The van der Waals surface area contributed by atoms with Gasteiger partial charge < -0.3 is 15.1 Å². The van der Waals surface area contributed by atoms with Gasteiger partial charge in [-0.1, -0.05) is 13.8 Å². The summed E-state index contributed by atoms with van der Waals surface area (Å²) < 4.78 is 5.02. The third-order valence-corrected chi connectivity index (χ3v) is 2.57. The fourth-order valence-corrected chi connectivity index (χ4v) is 1.53. The number of nitrogens with zero attached hydrogens (tertiary/aromatic N) is 2. The molecule has 0 aliphatic rings. The van der Waals surface area contributed by atoms with Crippen LogP contribution in [0.2, 0.25) is 0 Å². The highest BCUT2D eigenvalue weighted by Crippen LogP contribution is 2.17. The highest BCUT2D eigenvalue weighted by Gasteiger charge is 2.07. The number of hydrogen-bond donors (Lipinski definition) is 2. The molecule has 0 aliphatic heterocycles. The molecule has 2 rings (SSSR count). The van der Waals surface area contributed by atoms with Crippen molar-refractivity contribution in [2.75, 3.05) is 17.7 Å². The van der Waals surface area contributed by atoms with E-state index in [1.807, 2.05) is 19.2 Å². The lowest BCUT2D eigenvalue weighted by Crippen LogP contribution is -2.07. The average molecular weight is 246 g/mol. The summed E-state index contributed by atoms with van der Waals surface area (Å²) in [5.41, 5.74) is 1.09. The van der Waals surface area contributed by atoms with Gasteiger partial charge in [0.2, 0.25) is 0 Å². The van der Waals surface area contributed by atoms with Gasteiger partial charge in [-0.2, -0.15) is 0 Å². The van der Waals surface area contributed by atoms with Crippen LogP contribution in [0.15, 0.2) is 29.1 Å². The molecule has 2 aromatic rings. The van der Waals surface area contributed by atoms with Crippen LogP contribution in [-0.2, 0) is 6.54 Å². The first-order valence-corrected chi connectivity index (χ1v) is 6.00. The highest BCUT2D eigenvalue weighted by molar-refractivity contribution is 5.47. The normalized spacial score (nSPS) is 10.7. The molecule has 0 aliphatic carbocycles. The Morgan fingerprint density at radius 2 is 2.06 bits per heavy atom. The Morgan fingerprint density at radius 1 is 1.28 bits per heavy atom. The molecule has 0 aromatic carbocycles. The number of nitrogens with one attached hydrogen (secondary N) is 2. The van der Waals surface area contributed by atoms with Gasteiger partial charge in [0.05, 0.1) is 12.5 Å². The Kier molecular flexibility index (Phi) is 3.82. The van der Waals surface area contributed by atoms with Crippen LogP contribution in [-0.4, -0.2) is 17.0 Å². The van der Waals surface area contributed by atoms with Gasteiger partial charge in [-0.3, -0.25) is 0 Å². The maximum atomic E-state index is 5.02. The van der Waals surface area contributed by atoms with E-state index in [0.29, 0.717) is 12.5 Å². The first kappa shape index (κ1) is 12.4. The molecule has 2 heterocycles. The van der Waals surface area contributed by atoms with E-state index in [1.54, 1.807) is 12.5 Å². The fraction of sp³-hybridized carbons (Fsp3) is 0.385. The molecule has 0 spiro atoms. The first-order valence-electron chi connectivity index (χ1n) is 6.00.